The molecule has 0 saturated carbocycles. The number of nitrogens with zero attached hydrogens (tertiary/aromatic N) is 1. The Morgan fingerprint density at radius 1 is 1.62 bits per heavy atom. The molecule has 2 nitrogen and oxygen atoms in total. The van der Waals surface area contributed by atoms with E-state index >= 15 is 0 Å². The second-order valence-electron chi connectivity index (χ2n) is 2.27. The van der Waals surface area contributed by atoms with Crippen LogP contribution in [0.15, 0.2) is 10.7 Å². The Morgan fingerprint density at radius 2 is 2.23 bits per heavy atom. The first kappa shape index (κ1) is 10.7. The maximum absolute atomic E-state index is 12.2. The third-order valence-corrected chi connectivity index (χ3v) is 2.62. The van der Waals surface area contributed by atoms with Crippen LogP contribution in [0.1, 0.15) is 17.7 Å². The van der Waals surface area contributed by atoms with Crippen LogP contribution in [-0.2, 0) is 5.88 Å². The first-order chi connectivity index (χ1) is 6.07. The maximum atomic E-state index is 12.2. The average Bonchev–Trinajstić information content (AvgIpc) is 2.09. The third kappa shape index (κ3) is 2.08. The van der Waals surface area contributed by atoms with Gasteiger partial charge in [0, 0.05) is 11.8 Å². The van der Waals surface area contributed by atoms with E-state index in [1.165, 1.54) is 6.20 Å². The number of aromatic hydroxyl groups is 1. The molecule has 0 aliphatic carbocycles. The molecule has 0 fully saturated rings. The summed E-state index contributed by atoms with van der Waals surface area (Å²) >= 11 is 8.42. The van der Waals surface area contributed by atoms with Gasteiger partial charge in [-0.2, -0.15) is 0 Å². The van der Waals surface area contributed by atoms with E-state index in [0.29, 0.717) is 5.56 Å². The molecule has 0 aromatic carbocycles. The van der Waals surface area contributed by atoms with Crippen LogP contribution >= 0.6 is 27.5 Å². The predicted molar refractivity (Wildman–Crippen MR) is 48.1 cm³/mol. The van der Waals surface area contributed by atoms with E-state index < -0.39 is 17.9 Å². The molecule has 1 N–H and O–H groups in total. The van der Waals surface area contributed by atoms with Crippen LogP contribution in [0.3, 0.4) is 0 Å². The number of halogens is 4. The quantitative estimate of drug-likeness (QED) is 0.839. The highest BCUT2D eigenvalue weighted by molar-refractivity contribution is 9.10. The molecule has 0 bridgehead atoms. The molecule has 0 unspecified atom stereocenters. The molecule has 1 aromatic rings. The summed E-state index contributed by atoms with van der Waals surface area (Å²) in [5.41, 5.74) is -0.163. The van der Waals surface area contributed by atoms with Crippen molar-refractivity contribution in [2.75, 3.05) is 0 Å². The minimum atomic E-state index is -2.79. The van der Waals surface area contributed by atoms with Crippen LogP contribution in [-0.4, -0.2) is 10.1 Å². The van der Waals surface area contributed by atoms with Gasteiger partial charge >= 0.3 is 0 Å². The molecule has 1 rings (SSSR count). The Balaban J connectivity index is 3.23. The van der Waals surface area contributed by atoms with Crippen molar-refractivity contribution in [1.29, 1.82) is 0 Å². The number of alkyl halides is 3. The van der Waals surface area contributed by atoms with E-state index in [0.717, 1.165) is 0 Å². The molecule has 1 aromatic heterocycles. The SMILES string of the molecule is Oc1c(C(F)F)ncc(CCl)c1Br. The van der Waals surface area contributed by atoms with E-state index in [2.05, 4.69) is 20.9 Å². The Bertz CT molecular complexity index is 322. The van der Waals surface area contributed by atoms with E-state index in [9.17, 15) is 13.9 Å². The maximum Gasteiger partial charge on any atom is 0.284 e. The van der Waals surface area contributed by atoms with Crippen LogP contribution in [0.5, 0.6) is 5.75 Å². The molecule has 0 radical (unpaired) electrons. The van der Waals surface area contributed by atoms with Crippen molar-refractivity contribution < 1.29 is 13.9 Å². The fourth-order valence-corrected chi connectivity index (χ4v) is 1.59. The summed E-state index contributed by atoms with van der Waals surface area (Å²) < 4.78 is 24.5. The number of pyridine rings is 1. The number of hydrogen-bond acceptors (Lipinski definition) is 2. The van der Waals surface area contributed by atoms with Crippen molar-refractivity contribution in [3.63, 3.8) is 0 Å². The van der Waals surface area contributed by atoms with Crippen molar-refractivity contribution in [2.45, 2.75) is 12.3 Å². The third-order valence-electron chi connectivity index (χ3n) is 1.44. The lowest BCUT2D eigenvalue weighted by Crippen LogP contribution is -1.94. The van der Waals surface area contributed by atoms with Gasteiger partial charge in [-0.15, -0.1) is 11.6 Å². The summed E-state index contributed by atoms with van der Waals surface area (Å²) in [6, 6.07) is 0. The van der Waals surface area contributed by atoms with Crippen LogP contribution in [0, 0.1) is 0 Å². The first-order valence-electron chi connectivity index (χ1n) is 3.28. The van der Waals surface area contributed by atoms with Gasteiger partial charge < -0.3 is 5.11 Å². The lowest BCUT2D eigenvalue weighted by atomic mass is 10.2. The molecule has 0 amide bonds. The van der Waals surface area contributed by atoms with Crippen molar-refractivity contribution in [2.24, 2.45) is 0 Å². The monoisotopic (exact) mass is 271 g/mol. The van der Waals surface area contributed by atoms with Crippen LogP contribution in [0.2, 0.25) is 0 Å². The number of hydrogen-bond donors (Lipinski definition) is 1. The summed E-state index contributed by atoms with van der Waals surface area (Å²) in [5.74, 6) is -0.446. The highest BCUT2D eigenvalue weighted by atomic mass is 79.9. The van der Waals surface area contributed by atoms with Gasteiger partial charge in [-0.05, 0) is 15.9 Å². The predicted octanol–water partition coefficient (Wildman–Crippen LogP) is 3.23. The smallest absolute Gasteiger partial charge is 0.284 e. The van der Waals surface area contributed by atoms with Crippen molar-refractivity contribution in [1.82, 2.24) is 4.98 Å². The Kier molecular flexibility index (Phi) is 3.44. The second-order valence-corrected chi connectivity index (χ2v) is 3.33. The lowest BCUT2D eigenvalue weighted by Gasteiger charge is -2.06. The van der Waals surface area contributed by atoms with E-state index in [1.54, 1.807) is 0 Å². The van der Waals surface area contributed by atoms with Crippen LogP contribution < -0.4 is 0 Å². The normalized spacial score (nSPS) is 10.8. The molecule has 72 valence electrons. The Hall–Kier alpha value is -0.420. The molecular formula is C7H5BrClF2NO. The van der Waals surface area contributed by atoms with Gasteiger partial charge in [-0.3, -0.25) is 4.98 Å². The van der Waals surface area contributed by atoms with Crippen LogP contribution in [0.4, 0.5) is 8.78 Å². The van der Waals surface area contributed by atoms with Crippen molar-refractivity contribution >= 4 is 27.5 Å². The highest BCUT2D eigenvalue weighted by Gasteiger charge is 2.18. The second kappa shape index (κ2) is 4.19. The Morgan fingerprint density at radius 3 is 2.69 bits per heavy atom. The average molecular weight is 272 g/mol. The summed E-state index contributed by atoms with van der Waals surface area (Å²) in [4.78, 5) is 3.39. The molecule has 6 heteroatoms. The summed E-state index contributed by atoms with van der Waals surface area (Å²) in [6.07, 6.45) is -1.58. The molecule has 13 heavy (non-hydrogen) atoms. The van der Waals surface area contributed by atoms with Crippen molar-refractivity contribution in [3.05, 3.63) is 21.9 Å². The van der Waals surface area contributed by atoms with Gasteiger partial charge in [0.05, 0.1) is 10.4 Å². The lowest BCUT2D eigenvalue weighted by molar-refractivity contribution is 0.141. The summed E-state index contributed by atoms with van der Waals surface area (Å²) in [5, 5.41) is 9.23. The summed E-state index contributed by atoms with van der Waals surface area (Å²) in [6.45, 7) is 0. The van der Waals surface area contributed by atoms with E-state index in [1.807, 2.05) is 0 Å². The van der Waals surface area contributed by atoms with Crippen molar-refractivity contribution in [3.8, 4) is 5.75 Å². The van der Waals surface area contributed by atoms with E-state index in [-0.39, 0.29) is 10.4 Å². The molecule has 0 aliphatic heterocycles. The standard InChI is InChI=1S/C7H5BrClF2NO/c8-4-3(1-9)2-12-5(6(4)13)7(10)11/h2,7,13H,1H2. The molecule has 0 atom stereocenters. The van der Waals surface area contributed by atoms with E-state index in [4.69, 9.17) is 11.6 Å². The van der Waals surface area contributed by atoms with Gasteiger partial charge in [0.1, 0.15) is 5.69 Å². The van der Waals surface area contributed by atoms with Gasteiger partial charge in [0.15, 0.2) is 5.75 Å². The fraction of sp³-hybridized carbons (Fsp3) is 0.286. The van der Waals surface area contributed by atoms with Crippen LogP contribution in [0.25, 0.3) is 0 Å². The molecule has 1 heterocycles. The Labute approximate surface area is 86.7 Å². The zero-order chi connectivity index (χ0) is 10.0. The first-order valence-corrected chi connectivity index (χ1v) is 4.61. The highest BCUT2D eigenvalue weighted by Crippen LogP contribution is 2.35. The van der Waals surface area contributed by atoms with Gasteiger partial charge in [-0.25, -0.2) is 8.78 Å². The summed E-state index contributed by atoms with van der Waals surface area (Å²) in [7, 11) is 0. The minimum Gasteiger partial charge on any atom is -0.505 e. The number of aromatic nitrogens is 1. The van der Waals surface area contributed by atoms with Gasteiger partial charge in [-0.1, -0.05) is 0 Å². The largest absolute Gasteiger partial charge is 0.505 e. The zero-order valence-electron chi connectivity index (χ0n) is 6.27. The number of rotatable bonds is 2. The molecule has 0 spiro atoms. The van der Waals surface area contributed by atoms with Gasteiger partial charge in [0.25, 0.3) is 6.43 Å². The molecule has 0 aliphatic rings. The zero-order valence-corrected chi connectivity index (χ0v) is 8.61. The topological polar surface area (TPSA) is 33.1 Å². The van der Waals surface area contributed by atoms with Gasteiger partial charge in [0.2, 0.25) is 0 Å². The minimum absolute atomic E-state index is 0.102. The fourth-order valence-electron chi connectivity index (χ4n) is 0.783. The molecule has 0 saturated heterocycles. The molecular weight excluding hydrogens is 267 g/mol.